The number of hydrogen-bond acceptors (Lipinski definition) is 5. The molecule has 2 aromatic carbocycles. The summed E-state index contributed by atoms with van der Waals surface area (Å²) in [5, 5.41) is 6.13. The van der Waals surface area contributed by atoms with Crippen LogP contribution >= 0.6 is 0 Å². The monoisotopic (exact) mass is 417 g/mol. The maximum atomic E-state index is 13.1. The molecule has 1 aliphatic carbocycles. The quantitative estimate of drug-likeness (QED) is 0.523. The van der Waals surface area contributed by atoms with Crippen LogP contribution in [-0.4, -0.2) is 28.0 Å². The molecule has 0 radical (unpaired) electrons. The zero-order valence-corrected chi connectivity index (χ0v) is 17.6. The van der Waals surface area contributed by atoms with Gasteiger partial charge in [0.15, 0.2) is 5.82 Å². The number of aryl methyl sites for hydroxylation is 1. The molecule has 0 aliphatic heterocycles. The van der Waals surface area contributed by atoms with Crippen molar-refractivity contribution < 1.29 is 4.79 Å². The van der Waals surface area contributed by atoms with Gasteiger partial charge >= 0.3 is 0 Å². The highest BCUT2D eigenvalue weighted by Crippen LogP contribution is 2.20. The van der Waals surface area contributed by atoms with Crippen molar-refractivity contribution in [1.82, 2.24) is 14.9 Å². The molecule has 7 heteroatoms. The van der Waals surface area contributed by atoms with Gasteiger partial charge in [0, 0.05) is 37.1 Å². The summed E-state index contributed by atoms with van der Waals surface area (Å²) in [5.74, 6) is 0.175. The number of anilines is 1. The Bertz CT molecular complexity index is 1150. The second-order valence-electron chi connectivity index (χ2n) is 7.90. The van der Waals surface area contributed by atoms with Gasteiger partial charge in [0.05, 0.1) is 5.69 Å². The Hall–Kier alpha value is -3.45. The number of carbonyl (C=O) groups excluding carboxylic acids is 1. The minimum atomic E-state index is -0.249. The van der Waals surface area contributed by atoms with Crippen LogP contribution in [-0.2, 0) is 13.0 Å². The van der Waals surface area contributed by atoms with Crippen LogP contribution in [0.2, 0.25) is 0 Å². The third-order valence-corrected chi connectivity index (χ3v) is 5.42. The van der Waals surface area contributed by atoms with Crippen LogP contribution in [0.25, 0.3) is 5.69 Å². The first-order valence-electron chi connectivity index (χ1n) is 10.6. The summed E-state index contributed by atoms with van der Waals surface area (Å²) in [5.41, 5.74) is 9.81. The van der Waals surface area contributed by atoms with E-state index in [0.29, 0.717) is 24.3 Å². The van der Waals surface area contributed by atoms with Crippen LogP contribution in [0, 0.1) is 6.92 Å². The average molecular weight is 418 g/mol. The van der Waals surface area contributed by atoms with Crippen LogP contribution in [0.3, 0.4) is 0 Å². The lowest BCUT2D eigenvalue weighted by Crippen LogP contribution is -2.27. The van der Waals surface area contributed by atoms with Crippen LogP contribution in [0.15, 0.2) is 59.7 Å². The largest absolute Gasteiger partial charge is 0.365 e. The normalized spacial score (nSPS) is 13.1. The fourth-order valence-corrected chi connectivity index (χ4v) is 3.47. The molecule has 4 rings (SSSR count). The Morgan fingerprint density at radius 3 is 2.77 bits per heavy atom. The first-order chi connectivity index (χ1) is 15.0. The summed E-state index contributed by atoms with van der Waals surface area (Å²) < 4.78 is 1.54. The van der Waals surface area contributed by atoms with Crippen molar-refractivity contribution >= 4 is 11.7 Å². The Morgan fingerprint density at radius 1 is 1.19 bits per heavy atom. The molecule has 1 aliphatic rings. The molecule has 7 nitrogen and oxygen atoms in total. The lowest BCUT2D eigenvalue weighted by Gasteiger charge is -2.13. The average Bonchev–Trinajstić information content (AvgIpc) is 3.59. The maximum Gasteiger partial charge on any atom is 0.297 e. The molecule has 0 unspecified atom stereocenters. The van der Waals surface area contributed by atoms with Gasteiger partial charge in [0.2, 0.25) is 0 Å². The molecule has 0 bridgehead atoms. The Morgan fingerprint density at radius 2 is 2.00 bits per heavy atom. The molecular weight excluding hydrogens is 390 g/mol. The molecule has 0 saturated heterocycles. The summed E-state index contributed by atoms with van der Waals surface area (Å²) in [7, 11) is 0. The van der Waals surface area contributed by atoms with Crippen molar-refractivity contribution in [2.45, 2.75) is 38.8 Å². The van der Waals surface area contributed by atoms with Crippen molar-refractivity contribution in [1.29, 1.82) is 0 Å². The first-order valence-corrected chi connectivity index (χ1v) is 10.6. The van der Waals surface area contributed by atoms with Crippen molar-refractivity contribution in [3.8, 4) is 5.69 Å². The topological polar surface area (TPSA) is 102 Å². The minimum Gasteiger partial charge on any atom is -0.365 e. The number of nitrogens with one attached hydrogen (secondary N) is 2. The molecule has 1 saturated carbocycles. The third kappa shape index (κ3) is 5.00. The number of amides is 1. The van der Waals surface area contributed by atoms with Crippen LogP contribution in [0.4, 0.5) is 5.82 Å². The fourth-order valence-electron chi connectivity index (χ4n) is 3.47. The van der Waals surface area contributed by atoms with Gasteiger partial charge in [-0.05, 0) is 55.0 Å². The van der Waals surface area contributed by atoms with Crippen LogP contribution in [0.5, 0.6) is 0 Å². The van der Waals surface area contributed by atoms with E-state index in [4.69, 9.17) is 5.73 Å². The zero-order chi connectivity index (χ0) is 21.8. The molecule has 0 spiro atoms. The smallest absolute Gasteiger partial charge is 0.297 e. The summed E-state index contributed by atoms with van der Waals surface area (Å²) in [6.07, 6.45) is 6.03. The fraction of sp³-hybridized carbons (Fsp3) is 0.292. The molecule has 4 N–H and O–H groups in total. The van der Waals surface area contributed by atoms with E-state index in [0.717, 1.165) is 36.0 Å². The highest BCUT2D eigenvalue weighted by molar-refractivity contribution is 5.95. The van der Waals surface area contributed by atoms with Crippen LogP contribution < -0.4 is 21.9 Å². The van der Waals surface area contributed by atoms with Crippen molar-refractivity contribution in [3.05, 3.63) is 87.5 Å². The standard InChI is InChI=1S/C24H27N5O2/c1-16-5-6-19(23(30)28-20-7-8-20)14-21(16)29-12-11-27-22(24(29)31)26-10-9-17-3-2-4-18(13-17)15-25/h2-6,11-14,20H,7-10,15,25H2,1H3,(H,26,27)(H,28,30). The minimum absolute atomic E-state index is 0.107. The van der Waals surface area contributed by atoms with Crippen molar-refractivity contribution in [3.63, 3.8) is 0 Å². The molecule has 0 atom stereocenters. The van der Waals surface area contributed by atoms with E-state index in [2.05, 4.69) is 21.7 Å². The number of aromatic nitrogens is 2. The van der Waals surface area contributed by atoms with Crippen LogP contribution in [0.1, 0.15) is 39.9 Å². The molecule has 3 aromatic rings. The molecule has 1 amide bonds. The summed E-state index contributed by atoms with van der Waals surface area (Å²) in [6.45, 7) is 2.99. The molecular formula is C24H27N5O2. The van der Waals surface area contributed by atoms with Crippen molar-refractivity contribution in [2.75, 3.05) is 11.9 Å². The third-order valence-electron chi connectivity index (χ3n) is 5.42. The Labute approximate surface area is 181 Å². The molecule has 1 fully saturated rings. The van der Waals surface area contributed by atoms with Gasteiger partial charge in [0.25, 0.3) is 11.5 Å². The van der Waals surface area contributed by atoms with E-state index < -0.39 is 0 Å². The van der Waals surface area contributed by atoms with Gasteiger partial charge in [-0.2, -0.15) is 0 Å². The maximum absolute atomic E-state index is 13.1. The SMILES string of the molecule is Cc1ccc(C(=O)NC2CC2)cc1-n1ccnc(NCCc2cccc(CN)c2)c1=O. The molecule has 31 heavy (non-hydrogen) atoms. The lowest BCUT2D eigenvalue weighted by molar-refractivity contribution is 0.0951. The second kappa shape index (κ2) is 9.14. The van der Waals surface area contributed by atoms with E-state index in [1.165, 1.54) is 4.57 Å². The Kier molecular flexibility index (Phi) is 6.13. The number of nitrogens with two attached hydrogens (primary N) is 1. The summed E-state index contributed by atoms with van der Waals surface area (Å²) >= 11 is 0. The molecule has 1 heterocycles. The molecule has 160 valence electrons. The number of nitrogens with zero attached hydrogens (tertiary/aromatic N) is 2. The second-order valence-corrected chi connectivity index (χ2v) is 7.90. The number of carbonyl (C=O) groups is 1. The lowest BCUT2D eigenvalue weighted by atomic mass is 10.1. The molecule has 1 aromatic heterocycles. The van der Waals surface area contributed by atoms with E-state index in [1.54, 1.807) is 24.5 Å². The first kappa shape index (κ1) is 20.8. The number of benzene rings is 2. The summed E-state index contributed by atoms with van der Waals surface area (Å²) in [4.78, 5) is 29.7. The van der Waals surface area contributed by atoms with E-state index in [-0.39, 0.29) is 23.3 Å². The summed E-state index contributed by atoms with van der Waals surface area (Å²) in [6, 6.07) is 13.8. The van der Waals surface area contributed by atoms with Gasteiger partial charge in [-0.3, -0.25) is 14.2 Å². The van der Waals surface area contributed by atoms with Gasteiger partial charge in [-0.15, -0.1) is 0 Å². The highest BCUT2D eigenvalue weighted by atomic mass is 16.2. The Balaban J connectivity index is 1.51. The predicted molar refractivity (Wildman–Crippen MR) is 122 cm³/mol. The van der Waals surface area contributed by atoms with E-state index in [1.807, 2.05) is 31.2 Å². The van der Waals surface area contributed by atoms with Gasteiger partial charge in [-0.25, -0.2) is 4.98 Å². The zero-order valence-electron chi connectivity index (χ0n) is 17.6. The number of rotatable bonds is 8. The van der Waals surface area contributed by atoms with Gasteiger partial charge < -0.3 is 16.4 Å². The number of hydrogen-bond donors (Lipinski definition) is 3. The highest BCUT2D eigenvalue weighted by Gasteiger charge is 2.24. The van der Waals surface area contributed by atoms with E-state index >= 15 is 0 Å². The van der Waals surface area contributed by atoms with Gasteiger partial charge in [0.1, 0.15) is 0 Å². The van der Waals surface area contributed by atoms with Gasteiger partial charge in [-0.1, -0.05) is 30.3 Å². The predicted octanol–water partition coefficient (Wildman–Crippen LogP) is 2.55. The van der Waals surface area contributed by atoms with Crippen molar-refractivity contribution in [2.24, 2.45) is 5.73 Å². The van der Waals surface area contributed by atoms with E-state index in [9.17, 15) is 9.59 Å².